The Balaban J connectivity index is 1.51. The zero-order valence-corrected chi connectivity index (χ0v) is 21.8. The first-order valence-corrected chi connectivity index (χ1v) is 14.4. The summed E-state index contributed by atoms with van der Waals surface area (Å²) in [6.45, 7) is 1.21. The van der Waals surface area contributed by atoms with Gasteiger partial charge in [0.05, 0.1) is 4.90 Å². The predicted octanol–water partition coefficient (Wildman–Crippen LogP) is 5.11. The normalized spacial score (nSPS) is 17.5. The van der Waals surface area contributed by atoms with Crippen LogP contribution in [0.5, 0.6) is 0 Å². The molecule has 1 fully saturated rings. The van der Waals surface area contributed by atoms with Crippen LogP contribution in [0.4, 0.5) is 0 Å². The summed E-state index contributed by atoms with van der Waals surface area (Å²) in [4.78, 5) is 15.8. The van der Waals surface area contributed by atoms with Gasteiger partial charge in [-0.1, -0.05) is 72.8 Å². The van der Waals surface area contributed by atoms with Crippen molar-refractivity contribution in [1.82, 2.24) is 9.21 Å². The van der Waals surface area contributed by atoms with Crippen LogP contribution in [0, 0.1) is 0 Å². The topological polar surface area (TPSA) is 57.7 Å². The van der Waals surface area contributed by atoms with Crippen molar-refractivity contribution in [1.29, 1.82) is 0 Å². The fourth-order valence-corrected chi connectivity index (χ4v) is 7.58. The molecule has 3 aromatic rings. The molecule has 0 spiro atoms. The number of ketones is 1. The minimum atomic E-state index is -3.77. The molecule has 184 valence electrons. The Labute approximate surface area is 213 Å². The van der Waals surface area contributed by atoms with Crippen molar-refractivity contribution >= 4 is 27.6 Å². The third kappa shape index (κ3) is 6.22. The number of thioether (sulfide) groups is 1. The van der Waals surface area contributed by atoms with E-state index in [9.17, 15) is 13.2 Å². The molecule has 0 aromatic heterocycles. The molecular formula is C28H32N2O3S2. The van der Waals surface area contributed by atoms with Gasteiger partial charge in [0.2, 0.25) is 10.0 Å². The summed E-state index contributed by atoms with van der Waals surface area (Å²) in [5, 5.41) is -0.681. The van der Waals surface area contributed by atoms with Gasteiger partial charge in [-0.15, -0.1) is 11.8 Å². The Hall–Kier alpha value is -2.45. The van der Waals surface area contributed by atoms with Crippen molar-refractivity contribution in [3.63, 3.8) is 0 Å². The van der Waals surface area contributed by atoms with Crippen LogP contribution in [-0.2, 0) is 14.8 Å². The van der Waals surface area contributed by atoms with Gasteiger partial charge in [0.1, 0.15) is 5.37 Å². The summed E-state index contributed by atoms with van der Waals surface area (Å²) in [5.74, 6) is 0.650. The first-order valence-electron chi connectivity index (χ1n) is 11.9. The molecule has 5 nitrogen and oxygen atoms in total. The largest absolute Gasteiger partial charge is 0.309 e. The molecule has 35 heavy (non-hydrogen) atoms. The Kier molecular flexibility index (Phi) is 8.44. The highest BCUT2D eigenvalue weighted by atomic mass is 32.2. The van der Waals surface area contributed by atoms with E-state index in [1.807, 2.05) is 74.8 Å². The summed E-state index contributed by atoms with van der Waals surface area (Å²) in [5.41, 5.74) is 3.11. The number of hydrogen-bond donors (Lipinski definition) is 0. The number of hydrogen-bond acceptors (Lipinski definition) is 5. The average molecular weight is 509 g/mol. The predicted molar refractivity (Wildman–Crippen MR) is 144 cm³/mol. The molecule has 1 aliphatic rings. The van der Waals surface area contributed by atoms with Crippen LogP contribution in [-0.4, -0.2) is 61.7 Å². The Morgan fingerprint density at radius 3 is 2.17 bits per heavy atom. The maximum atomic E-state index is 13.5. The molecule has 3 aromatic carbocycles. The van der Waals surface area contributed by atoms with Crippen molar-refractivity contribution in [3.8, 4) is 11.1 Å². The summed E-state index contributed by atoms with van der Waals surface area (Å²) < 4.78 is 28.4. The second kappa shape index (κ2) is 11.5. The fraction of sp³-hybridized carbons (Fsp3) is 0.321. The molecule has 4 rings (SSSR count). The van der Waals surface area contributed by atoms with E-state index >= 15 is 0 Å². The minimum Gasteiger partial charge on any atom is -0.309 e. The van der Waals surface area contributed by atoms with E-state index in [0.29, 0.717) is 18.7 Å². The zero-order valence-electron chi connectivity index (χ0n) is 20.2. The van der Waals surface area contributed by atoms with Gasteiger partial charge in [-0.25, -0.2) is 8.42 Å². The van der Waals surface area contributed by atoms with Crippen molar-refractivity contribution in [2.75, 3.05) is 32.9 Å². The molecule has 2 atom stereocenters. The first kappa shape index (κ1) is 25.6. The summed E-state index contributed by atoms with van der Waals surface area (Å²) in [7, 11) is 0.269. The van der Waals surface area contributed by atoms with E-state index in [-0.39, 0.29) is 16.6 Å². The lowest BCUT2D eigenvalue weighted by Crippen LogP contribution is -2.40. The highest BCUT2D eigenvalue weighted by molar-refractivity contribution is 8.02. The molecule has 1 heterocycles. The van der Waals surface area contributed by atoms with Crippen molar-refractivity contribution in [3.05, 3.63) is 90.5 Å². The van der Waals surface area contributed by atoms with Gasteiger partial charge in [-0.2, -0.15) is 4.31 Å². The van der Waals surface area contributed by atoms with E-state index in [4.69, 9.17) is 0 Å². The molecule has 1 aliphatic heterocycles. The van der Waals surface area contributed by atoms with Crippen LogP contribution >= 0.6 is 11.8 Å². The van der Waals surface area contributed by atoms with E-state index in [1.165, 1.54) is 16.1 Å². The molecule has 7 heteroatoms. The number of Topliss-reactive ketones (excluding diaryl/α,β-unsaturated/α-hetero) is 1. The highest BCUT2D eigenvalue weighted by Gasteiger charge is 2.40. The number of benzene rings is 3. The lowest BCUT2D eigenvalue weighted by Gasteiger charge is -2.25. The molecule has 0 N–H and O–H groups in total. The third-order valence-electron chi connectivity index (χ3n) is 6.34. The van der Waals surface area contributed by atoms with Crippen LogP contribution in [0.3, 0.4) is 0 Å². The molecule has 0 bridgehead atoms. The molecule has 0 radical (unpaired) electrons. The molecule has 0 saturated carbocycles. The third-order valence-corrected chi connectivity index (χ3v) is 9.60. The number of sulfonamides is 1. The first-order chi connectivity index (χ1) is 16.9. The maximum absolute atomic E-state index is 13.5. The number of rotatable bonds is 10. The average Bonchev–Trinajstić information content (AvgIpc) is 3.39. The Morgan fingerprint density at radius 2 is 1.54 bits per heavy atom. The highest BCUT2D eigenvalue weighted by Crippen LogP contribution is 2.34. The maximum Gasteiger partial charge on any atom is 0.244 e. The smallest absolute Gasteiger partial charge is 0.244 e. The van der Waals surface area contributed by atoms with Gasteiger partial charge in [-0.05, 0) is 61.8 Å². The van der Waals surface area contributed by atoms with Gasteiger partial charge in [0.15, 0.2) is 5.78 Å². The van der Waals surface area contributed by atoms with Crippen LogP contribution < -0.4 is 0 Å². The van der Waals surface area contributed by atoms with E-state index in [1.54, 1.807) is 12.1 Å². The standard InChI is InChI=1S/C28H32N2O3S2/c1-29(2)18-17-25(23-11-7-4-8-12-23)21-27(31)28-30(19-20-34-28)35(32,33)26-15-13-24(14-16-26)22-9-5-3-6-10-22/h3-16,25,28H,17-21H2,1-2H3. The van der Waals surface area contributed by atoms with Gasteiger partial charge >= 0.3 is 0 Å². The number of carbonyl (C=O) groups is 1. The summed E-state index contributed by atoms with van der Waals surface area (Å²) in [6, 6.07) is 26.9. The van der Waals surface area contributed by atoms with Crippen LogP contribution in [0.2, 0.25) is 0 Å². The Bertz CT molecular complexity index is 1210. The number of nitrogens with zero attached hydrogens (tertiary/aromatic N) is 2. The molecule has 0 aliphatic carbocycles. The van der Waals surface area contributed by atoms with E-state index < -0.39 is 15.4 Å². The lowest BCUT2D eigenvalue weighted by atomic mass is 9.90. The SMILES string of the molecule is CN(C)CCC(CC(=O)C1SCCN1S(=O)(=O)c1ccc(-c2ccccc2)cc1)c1ccccc1. The van der Waals surface area contributed by atoms with Gasteiger partial charge < -0.3 is 4.90 Å². The zero-order chi connectivity index (χ0) is 24.8. The van der Waals surface area contributed by atoms with E-state index in [0.717, 1.165) is 29.7 Å². The van der Waals surface area contributed by atoms with Crippen LogP contribution in [0.1, 0.15) is 24.3 Å². The lowest BCUT2D eigenvalue weighted by molar-refractivity contribution is -0.120. The fourth-order valence-electron chi connectivity index (χ4n) is 4.41. The molecular weight excluding hydrogens is 476 g/mol. The second-order valence-electron chi connectivity index (χ2n) is 9.10. The van der Waals surface area contributed by atoms with Gasteiger partial charge in [0.25, 0.3) is 0 Å². The van der Waals surface area contributed by atoms with Crippen LogP contribution in [0.15, 0.2) is 89.8 Å². The minimum absolute atomic E-state index is 0.0235. The van der Waals surface area contributed by atoms with Gasteiger partial charge in [-0.3, -0.25) is 4.79 Å². The molecule has 1 saturated heterocycles. The van der Waals surface area contributed by atoms with Gasteiger partial charge in [0, 0.05) is 18.7 Å². The summed E-state index contributed by atoms with van der Waals surface area (Å²) >= 11 is 1.43. The van der Waals surface area contributed by atoms with E-state index in [2.05, 4.69) is 17.0 Å². The molecule has 2 unspecified atom stereocenters. The van der Waals surface area contributed by atoms with Crippen LogP contribution in [0.25, 0.3) is 11.1 Å². The monoisotopic (exact) mass is 508 g/mol. The molecule has 0 amide bonds. The van der Waals surface area contributed by atoms with Crippen molar-refractivity contribution in [2.45, 2.75) is 29.0 Å². The summed E-state index contributed by atoms with van der Waals surface area (Å²) in [6.07, 6.45) is 1.17. The number of carbonyl (C=O) groups excluding carboxylic acids is 1. The van der Waals surface area contributed by atoms with Crippen molar-refractivity contribution < 1.29 is 13.2 Å². The second-order valence-corrected chi connectivity index (χ2v) is 12.2. The quantitative estimate of drug-likeness (QED) is 0.381. The Morgan fingerprint density at radius 1 is 0.943 bits per heavy atom. The van der Waals surface area contributed by atoms with Crippen molar-refractivity contribution in [2.24, 2.45) is 0 Å².